The van der Waals surface area contributed by atoms with Crippen LogP contribution in [0.3, 0.4) is 0 Å². The molecule has 0 aliphatic heterocycles. The lowest BCUT2D eigenvalue weighted by Crippen LogP contribution is -2.39. The van der Waals surface area contributed by atoms with Crippen LogP contribution in [0.25, 0.3) is 0 Å². The average molecular weight is 490 g/mol. The molecule has 0 saturated heterocycles. The third-order valence-corrected chi connectivity index (χ3v) is 6.84. The summed E-state index contributed by atoms with van der Waals surface area (Å²) >= 11 is 0. The van der Waals surface area contributed by atoms with Crippen LogP contribution in [0, 0.1) is 13.8 Å². The highest BCUT2D eigenvalue weighted by atomic mass is 32.2. The molecule has 0 aromatic heterocycles. The van der Waals surface area contributed by atoms with Crippen molar-refractivity contribution in [3.8, 4) is 0 Å². The monoisotopic (exact) mass is 489 g/mol. The van der Waals surface area contributed by atoms with Crippen molar-refractivity contribution in [3.05, 3.63) is 95.1 Å². The predicted molar refractivity (Wildman–Crippen MR) is 124 cm³/mol. The van der Waals surface area contributed by atoms with Crippen molar-refractivity contribution in [2.24, 2.45) is 5.10 Å². The zero-order chi connectivity index (χ0) is 24.9. The number of sulfonamides is 1. The summed E-state index contributed by atoms with van der Waals surface area (Å²) in [5.74, 6) is -0.821. The number of hydrazone groups is 1. The topological polar surface area (TPSA) is 78.8 Å². The third kappa shape index (κ3) is 5.82. The Balaban J connectivity index is 1.87. The van der Waals surface area contributed by atoms with E-state index >= 15 is 0 Å². The second-order valence-corrected chi connectivity index (χ2v) is 9.33. The minimum atomic E-state index is -4.59. The molecule has 3 aromatic carbocycles. The number of amides is 1. The van der Waals surface area contributed by atoms with E-state index in [2.05, 4.69) is 10.5 Å². The van der Waals surface area contributed by atoms with E-state index in [1.165, 1.54) is 30.3 Å². The number of carbonyl (C=O) groups is 1. The molecule has 0 bridgehead atoms. The van der Waals surface area contributed by atoms with E-state index in [1.54, 1.807) is 36.4 Å². The first-order valence-electron chi connectivity index (χ1n) is 10.1. The molecule has 34 heavy (non-hydrogen) atoms. The summed E-state index contributed by atoms with van der Waals surface area (Å²) in [7, 11) is -4.11. The molecule has 0 unspecified atom stereocenters. The molecule has 3 aromatic rings. The molecule has 0 heterocycles. The SMILES string of the molecule is Cc1ccc(N(CC(=O)NN=Cc2ccccc2C(F)(F)F)S(=O)(=O)c2ccccc2)cc1C. The molecule has 0 aliphatic carbocycles. The molecule has 0 aliphatic rings. The largest absolute Gasteiger partial charge is 0.417 e. The highest BCUT2D eigenvalue weighted by molar-refractivity contribution is 7.92. The molecule has 1 amide bonds. The number of halogens is 3. The summed E-state index contributed by atoms with van der Waals surface area (Å²) in [6, 6.07) is 17.3. The summed E-state index contributed by atoms with van der Waals surface area (Å²) in [4.78, 5) is 12.6. The van der Waals surface area contributed by atoms with Crippen LogP contribution in [0.1, 0.15) is 22.3 Å². The summed E-state index contributed by atoms with van der Waals surface area (Å²) in [5.41, 5.74) is 3.01. The minimum Gasteiger partial charge on any atom is -0.271 e. The van der Waals surface area contributed by atoms with Crippen LogP contribution in [0.15, 0.2) is 82.8 Å². The predicted octanol–water partition coefficient (Wildman–Crippen LogP) is 4.67. The molecule has 0 radical (unpaired) electrons. The Morgan fingerprint density at radius 1 is 0.971 bits per heavy atom. The number of hydrogen-bond donors (Lipinski definition) is 1. The smallest absolute Gasteiger partial charge is 0.271 e. The molecular formula is C24H22F3N3O3S. The Hall–Kier alpha value is -3.66. The van der Waals surface area contributed by atoms with E-state index in [-0.39, 0.29) is 16.1 Å². The Kier molecular flexibility index (Phi) is 7.41. The number of anilines is 1. The van der Waals surface area contributed by atoms with Gasteiger partial charge < -0.3 is 0 Å². The zero-order valence-electron chi connectivity index (χ0n) is 18.4. The van der Waals surface area contributed by atoms with Crippen LogP contribution in [-0.4, -0.2) is 27.1 Å². The number of nitrogens with one attached hydrogen (secondary N) is 1. The lowest BCUT2D eigenvalue weighted by atomic mass is 10.1. The fraction of sp³-hybridized carbons (Fsp3) is 0.167. The molecule has 0 saturated carbocycles. The Labute approximate surface area is 195 Å². The van der Waals surface area contributed by atoms with E-state index < -0.39 is 34.2 Å². The fourth-order valence-corrected chi connectivity index (χ4v) is 4.56. The Morgan fingerprint density at radius 3 is 2.26 bits per heavy atom. The lowest BCUT2D eigenvalue weighted by molar-refractivity contribution is -0.137. The number of benzene rings is 3. The first kappa shape index (κ1) is 25.0. The van der Waals surface area contributed by atoms with Gasteiger partial charge in [0.15, 0.2) is 0 Å². The van der Waals surface area contributed by atoms with E-state index in [0.717, 1.165) is 27.7 Å². The zero-order valence-corrected chi connectivity index (χ0v) is 19.2. The highest BCUT2D eigenvalue weighted by Crippen LogP contribution is 2.31. The van der Waals surface area contributed by atoms with Crippen LogP contribution in [0.2, 0.25) is 0 Å². The van der Waals surface area contributed by atoms with E-state index in [0.29, 0.717) is 0 Å². The number of rotatable bonds is 7. The molecule has 0 spiro atoms. The van der Waals surface area contributed by atoms with Gasteiger partial charge in [-0.1, -0.05) is 42.5 Å². The fourth-order valence-electron chi connectivity index (χ4n) is 3.12. The van der Waals surface area contributed by atoms with Crippen molar-refractivity contribution in [3.63, 3.8) is 0 Å². The molecule has 10 heteroatoms. The van der Waals surface area contributed by atoms with Gasteiger partial charge >= 0.3 is 6.18 Å². The normalized spacial score (nSPS) is 12.0. The van der Waals surface area contributed by atoms with E-state index in [1.807, 2.05) is 13.8 Å². The molecule has 6 nitrogen and oxygen atoms in total. The maximum atomic E-state index is 13.3. The van der Waals surface area contributed by atoms with Crippen molar-refractivity contribution in [2.75, 3.05) is 10.8 Å². The molecule has 1 N–H and O–H groups in total. The molecule has 0 atom stereocenters. The van der Waals surface area contributed by atoms with E-state index in [4.69, 9.17) is 0 Å². The van der Waals surface area contributed by atoms with Gasteiger partial charge in [0.25, 0.3) is 15.9 Å². The second-order valence-electron chi connectivity index (χ2n) is 7.47. The van der Waals surface area contributed by atoms with Crippen molar-refractivity contribution < 1.29 is 26.4 Å². The van der Waals surface area contributed by atoms with Gasteiger partial charge in [-0.15, -0.1) is 0 Å². The van der Waals surface area contributed by atoms with Gasteiger partial charge in [0.2, 0.25) is 0 Å². The summed E-state index contributed by atoms with van der Waals surface area (Å²) in [6.07, 6.45) is -3.72. The van der Waals surface area contributed by atoms with Crippen LogP contribution < -0.4 is 9.73 Å². The molecule has 3 rings (SSSR count). The van der Waals surface area contributed by atoms with Gasteiger partial charge in [-0.05, 0) is 55.3 Å². The van der Waals surface area contributed by atoms with Gasteiger partial charge in [0.05, 0.1) is 22.4 Å². The Morgan fingerprint density at radius 2 is 1.62 bits per heavy atom. The van der Waals surface area contributed by atoms with Crippen molar-refractivity contribution >= 4 is 27.8 Å². The summed E-state index contributed by atoms with van der Waals surface area (Å²) < 4.78 is 66.9. The molecule has 178 valence electrons. The van der Waals surface area contributed by atoms with Gasteiger partial charge in [0.1, 0.15) is 6.54 Å². The quantitative estimate of drug-likeness (QED) is 0.387. The number of nitrogens with zero attached hydrogens (tertiary/aromatic N) is 2. The maximum Gasteiger partial charge on any atom is 0.417 e. The average Bonchev–Trinajstić information content (AvgIpc) is 2.79. The molecule has 0 fully saturated rings. The number of alkyl halides is 3. The maximum absolute atomic E-state index is 13.3. The number of carbonyl (C=O) groups excluding carboxylic acids is 1. The van der Waals surface area contributed by atoms with Crippen molar-refractivity contribution in [1.82, 2.24) is 5.43 Å². The van der Waals surface area contributed by atoms with Gasteiger partial charge in [-0.3, -0.25) is 9.10 Å². The van der Waals surface area contributed by atoms with Gasteiger partial charge in [-0.2, -0.15) is 18.3 Å². The van der Waals surface area contributed by atoms with Crippen LogP contribution in [-0.2, 0) is 21.0 Å². The highest BCUT2D eigenvalue weighted by Gasteiger charge is 2.32. The van der Waals surface area contributed by atoms with Crippen molar-refractivity contribution in [2.45, 2.75) is 24.9 Å². The molecular weight excluding hydrogens is 467 g/mol. The standard InChI is InChI=1S/C24H22F3N3O3S/c1-17-12-13-20(14-18(17)2)30(34(32,33)21-9-4-3-5-10-21)16-23(31)29-28-15-19-8-6-7-11-22(19)24(25,26)27/h3-15H,16H2,1-2H3,(H,29,31). The lowest BCUT2D eigenvalue weighted by Gasteiger charge is -2.24. The number of hydrogen-bond acceptors (Lipinski definition) is 4. The van der Waals surface area contributed by atoms with Crippen LogP contribution in [0.4, 0.5) is 18.9 Å². The summed E-state index contributed by atoms with van der Waals surface area (Å²) in [5, 5.41) is 3.60. The van der Waals surface area contributed by atoms with E-state index in [9.17, 15) is 26.4 Å². The van der Waals surface area contributed by atoms with Gasteiger partial charge in [-0.25, -0.2) is 13.8 Å². The van der Waals surface area contributed by atoms with Crippen molar-refractivity contribution in [1.29, 1.82) is 0 Å². The third-order valence-electron chi connectivity index (χ3n) is 5.06. The van der Waals surface area contributed by atoms with Gasteiger partial charge in [0, 0.05) is 5.56 Å². The van der Waals surface area contributed by atoms with Crippen LogP contribution >= 0.6 is 0 Å². The number of aryl methyl sites for hydroxylation is 2. The first-order chi connectivity index (χ1) is 16.0. The summed E-state index contributed by atoms with van der Waals surface area (Å²) in [6.45, 7) is 3.06. The second kappa shape index (κ2) is 10.1. The first-order valence-corrected chi connectivity index (χ1v) is 11.6. The Bertz CT molecular complexity index is 1310. The minimum absolute atomic E-state index is 0.0105. The van der Waals surface area contributed by atoms with Crippen LogP contribution in [0.5, 0.6) is 0 Å².